The topological polar surface area (TPSA) is 98.5 Å². The fourth-order valence-corrected chi connectivity index (χ4v) is 3.58. The van der Waals surface area contributed by atoms with Gasteiger partial charge in [-0.3, -0.25) is 0 Å². The number of hydrogen-bond acceptors (Lipinski definition) is 5. The Morgan fingerprint density at radius 3 is 2.76 bits per heavy atom. The van der Waals surface area contributed by atoms with Crippen LogP contribution >= 0.6 is 11.3 Å². The third kappa shape index (κ3) is 3.03. The van der Waals surface area contributed by atoms with Crippen LogP contribution in [-0.4, -0.2) is 37.4 Å². The van der Waals surface area contributed by atoms with Crippen LogP contribution in [0.1, 0.15) is 16.8 Å². The Morgan fingerprint density at radius 1 is 1.65 bits per heavy atom. The smallest absolute Gasteiger partial charge is 0.336 e. The van der Waals surface area contributed by atoms with Crippen molar-refractivity contribution >= 4 is 27.3 Å². The number of rotatable bonds is 5. The summed E-state index contributed by atoms with van der Waals surface area (Å²) in [6.45, 7) is 0.0825. The van der Waals surface area contributed by atoms with Crippen molar-refractivity contribution < 1.29 is 18.3 Å². The van der Waals surface area contributed by atoms with Gasteiger partial charge in [-0.25, -0.2) is 13.2 Å². The van der Waals surface area contributed by atoms with Crippen molar-refractivity contribution in [1.82, 2.24) is 4.31 Å². The molecule has 6 nitrogen and oxygen atoms in total. The molecule has 0 fully saturated rings. The number of carbonyl (C=O) groups is 1. The van der Waals surface area contributed by atoms with Gasteiger partial charge in [0, 0.05) is 25.4 Å². The van der Waals surface area contributed by atoms with Gasteiger partial charge in [-0.1, -0.05) is 0 Å². The Labute approximate surface area is 103 Å². The highest BCUT2D eigenvalue weighted by Crippen LogP contribution is 2.23. The molecule has 0 bridgehead atoms. The molecule has 0 spiro atoms. The molecule has 1 heterocycles. The minimum absolute atomic E-state index is 0.0321. The maximum absolute atomic E-state index is 11.9. The molecule has 92 valence electrons. The van der Waals surface area contributed by atoms with Crippen LogP contribution in [0.3, 0.4) is 0 Å². The zero-order valence-electron chi connectivity index (χ0n) is 8.95. The maximum Gasteiger partial charge on any atom is 0.336 e. The number of carboxylic acid groups (broad SMARTS) is 1. The molecule has 8 heteroatoms. The van der Waals surface area contributed by atoms with Gasteiger partial charge in [-0.15, -0.1) is 11.3 Å². The van der Waals surface area contributed by atoms with Crippen LogP contribution in [0.15, 0.2) is 15.7 Å². The Morgan fingerprint density at radius 2 is 2.29 bits per heavy atom. The molecule has 0 atom stereocenters. The molecular weight excluding hydrogens is 264 g/mol. The molecule has 0 radical (unpaired) electrons. The standard InChI is InChI=1S/C9H10N2O4S2/c1-11(4-2-3-10)17(14,15)8-5-7(6-16-8)9(12)13/h5-6H,2,4H2,1H3,(H,12,13). The number of hydrogen-bond donors (Lipinski definition) is 1. The van der Waals surface area contributed by atoms with E-state index in [-0.39, 0.29) is 22.7 Å². The third-order valence-corrected chi connectivity index (χ3v) is 5.30. The minimum atomic E-state index is -3.69. The van der Waals surface area contributed by atoms with Crippen molar-refractivity contribution in [2.45, 2.75) is 10.6 Å². The Kier molecular flexibility index (Phi) is 4.22. The molecule has 1 N–H and O–H groups in total. The molecule has 1 aromatic heterocycles. The summed E-state index contributed by atoms with van der Waals surface area (Å²) < 4.78 is 24.8. The van der Waals surface area contributed by atoms with Gasteiger partial charge in [0.25, 0.3) is 10.0 Å². The lowest BCUT2D eigenvalue weighted by atomic mass is 10.4. The Hall–Kier alpha value is -1.43. The van der Waals surface area contributed by atoms with Gasteiger partial charge < -0.3 is 5.11 Å². The van der Waals surface area contributed by atoms with E-state index in [0.29, 0.717) is 0 Å². The number of sulfonamides is 1. The molecule has 1 rings (SSSR count). The van der Waals surface area contributed by atoms with Crippen LogP contribution in [-0.2, 0) is 10.0 Å². The molecule has 0 saturated heterocycles. The van der Waals surface area contributed by atoms with Gasteiger partial charge in [-0.05, 0) is 6.07 Å². The first-order valence-electron chi connectivity index (χ1n) is 4.54. The van der Waals surface area contributed by atoms with Crippen LogP contribution in [0.5, 0.6) is 0 Å². The molecule has 0 saturated carbocycles. The van der Waals surface area contributed by atoms with Gasteiger partial charge in [0.15, 0.2) is 0 Å². The molecule has 1 aromatic rings. The van der Waals surface area contributed by atoms with Crippen molar-refractivity contribution in [1.29, 1.82) is 5.26 Å². The average molecular weight is 274 g/mol. The first kappa shape index (κ1) is 13.6. The number of nitriles is 1. The van der Waals surface area contributed by atoms with E-state index in [1.165, 1.54) is 12.4 Å². The second-order valence-electron chi connectivity index (χ2n) is 3.19. The van der Waals surface area contributed by atoms with Gasteiger partial charge in [0.05, 0.1) is 11.6 Å². The van der Waals surface area contributed by atoms with E-state index in [0.717, 1.165) is 21.7 Å². The number of aromatic carboxylic acids is 1. The summed E-state index contributed by atoms with van der Waals surface area (Å²) >= 11 is 0.853. The van der Waals surface area contributed by atoms with Crippen molar-refractivity contribution in [3.8, 4) is 6.07 Å². The summed E-state index contributed by atoms with van der Waals surface area (Å²) in [5, 5.41) is 18.4. The largest absolute Gasteiger partial charge is 0.478 e. The summed E-state index contributed by atoms with van der Waals surface area (Å²) in [4.78, 5) is 10.6. The minimum Gasteiger partial charge on any atom is -0.478 e. The van der Waals surface area contributed by atoms with Crippen LogP contribution in [0.25, 0.3) is 0 Å². The van der Waals surface area contributed by atoms with E-state index in [1.807, 2.05) is 6.07 Å². The normalized spacial score (nSPS) is 11.4. The van der Waals surface area contributed by atoms with Crippen LogP contribution in [0.2, 0.25) is 0 Å². The monoisotopic (exact) mass is 274 g/mol. The average Bonchev–Trinajstić information content (AvgIpc) is 2.75. The lowest BCUT2D eigenvalue weighted by Crippen LogP contribution is -2.27. The van der Waals surface area contributed by atoms with E-state index >= 15 is 0 Å². The van der Waals surface area contributed by atoms with E-state index in [1.54, 1.807) is 0 Å². The van der Waals surface area contributed by atoms with Crippen LogP contribution in [0, 0.1) is 11.3 Å². The zero-order chi connectivity index (χ0) is 13.1. The lowest BCUT2D eigenvalue weighted by molar-refractivity contribution is 0.0697. The predicted molar refractivity (Wildman–Crippen MR) is 61.3 cm³/mol. The summed E-state index contributed by atoms with van der Waals surface area (Å²) in [5.41, 5.74) is -0.0535. The van der Waals surface area contributed by atoms with Gasteiger partial charge >= 0.3 is 5.97 Å². The molecule has 0 aliphatic heterocycles. The van der Waals surface area contributed by atoms with Gasteiger partial charge in [0.2, 0.25) is 0 Å². The summed E-state index contributed by atoms with van der Waals surface area (Å²) in [7, 11) is -2.33. The second-order valence-corrected chi connectivity index (χ2v) is 6.38. The molecule has 0 aliphatic carbocycles. The highest BCUT2D eigenvalue weighted by atomic mass is 32.2. The fraction of sp³-hybridized carbons (Fsp3) is 0.333. The zero-order valence-corrected chi connectivity index (χ0v) is 10.6. The van der Waals surface area contributed by atoms with Gasteiger partial charge in [0.1, 0.15) is 4.21 Å². The lowest BCUT2D eigenvalue weighted by Gasteiger charge is -2.13. The van der Waals surface area contributed by atoms with Crippen molar-refractivity contribution in [2.24, 2.45) is 0 Å². The second kappa shape index (κ2) is 5.27. The SMILES string of the molecule is CN(CCC#N)S(=O)(=O)c1cc(C(=O)O)cs1. The highest BCUT2D eigenvalue weighted by Gasteiger charge is 2.23. The molecule has 0 unspecified atom stereocenters. The summed E-state index contributed by atoms with van der Waals surface area (Å²) in [6, 6.07) is 2.97. The Balaban J connectivity index is 2.97. The third-order valence-electron chi connectivity index (χ3n) is 2.03. The van der Waals surface area contributed by atoms with Crippen LogP contribution in [0.4, 0.5) is 0 Å². The van der Waals surface area contributed by atoms with Crippen molar-refractivity contribution in [3.05, 3.63) is 17.0 Å². The maximum atomic E-state index is 11.9. The first-order valence-corrected chi connectivity index (χ1v) is 6.86. The van der Waals surface area contributed by atoms with Crippen molar-refractivity contribution in [2.75, 3.05) is 13.6 Å². The number of carboxylic acids is 1. The highest BCUT2D eigenvalue weighted by molar-refractivity contribution is 7.91. The molecule has 0 aliphatic rings. The van der Waals surface area contributed by atoms with Gasteiger partial charge in [-0.2, -0.15) is 9.57 Å². The first-order chi connectivity index (χ1) is 7.89. The fourth-order valence-electron chi connectivity index (χ4n) is 1.05. The van der Waals surface area contributed by atoms with E-state index < -0.39 is 16.0 Å². The van der Waals surface area contributed by atoms with Crippen LogP contribution < -0.4 is 0 Å². The van der Waals surface area contributed by atoms with E-state index in [2.05, 4.69) is 0 Å². The molecule has 0 aromatic carbocycles. The predicted octanol–water partition coefficient (Wildman–Crippen LogP) is 0.980. The van der Waals surface area contributed by atoms with E-state index in [4.69, 9.17) is 10.4 Å². The van der Waals surface area contributed by atoms with Crippen molar-refractivity contribution in [3.63, 3.8) is 0 Å². The number of nitrogens with zero attached hydrogens (tertiary/aromatic N) is 2. The molecular formula is C9H10N2O4S2. The molecule has 17 heavy (non-hydrogen) atoms. The summed E-state index contributed by atoms with van der Waals surface area (Å²) in [6.07, 6.45) is 0.0902. The number of thiophene rings is 1. The molecule has 0 amide bonds. The summed E-state index contributed by atoms with van der Waals surface area (Å²) in [5.74, 6) is -1.16. The Bertz CT molecular complexity index is 556. The van der Waals surface area contributed by atoms with E-state index in [9.17, 15) is 13.2 Å². The quantitative estimate of drug-likeness (QED) is 0.863.